The summed E-state index contributed by atoms with van der Waals surface area (Å²) >= 11 is 6.18. The Morgan fingerprint density at radius 3 is 2.39 bits per heavy atom. The van der Waals surface area contributed by atoms with E-state index in [9.17, 15) is 9.59 Å². The third-order valence-electron chi connectivity index (χ3n) is 7.23. The Hall–Kier alpha value is -4.07. The van der Waals surface area contributed by atoms with E-state index < -0.39 is 0 Å². The minimum absolute atomic E-state index is 0.0336. The minimum atomic E-state index is -0.211. The van der Waals surface area contributed by atoms with Crippen molar-refractivity contribution >= 4 is 28.8 Å². The van der Waals surface area contributed by atoms with Crippen molar-refractivity contribution in [1.82, 2.24) is 25.0 Å². The summed E-state index contributed by atoms with van der Waals surface area (Å²) < 4.78 is 0. The number of pyridine rings is 1. The van der Waals surface area contributed by atoms with Gasteiger partial charge in [-0.15, -0.1) is 0 Å². The van der Waals surface area contributed by atoms with Gasteiger partial charge in [0, 0.05) is 56.2 Å². The third-order valence-corrected chi connectivity index (χ3v) is 7.48. The summed E-state index contributed by atoms with van der Waals surface area (Å²) in [6, 6.07) is 21.3. The van der Waals surface area contributed by atoms with Crippen LogP contribution in [0, 0.1) is 0 Å². The monoisotopic (exact) mass is 525 g/mol. The van der Waals surface area contributed by atoms with Gasteiger partial charge in [-0.25, -0.2) is 0 Å². The second-order valence-electron chi connectivity index (χ2n) is 9.64. The van der Waals surface area contributed by atoms with E-state index in [-0.39, 0.29) is 17.6 Å². The van der Waals surface area contributed by atoms with E-state index in [1.165, 1.54) is 23.5 Å². The highest BCUT2D eigenvalue weighted by Gasteiger charge is 2.33. The summed E-state index contributed by atoms with van der Waals surface area (Å²) in [5, 5.41) is 4.41. The summed E-state index contributed by atoms with van der Waals surface area (Å²) in [6.45, 7) is 3.52. The van der Waals surface area contributed by atoms with E-state index in [2.05, 4.69) is 74.9 Å². The van der Waals surface area contributed by atoms with E-state index in [0.29, 0.717) is 23.7 Å². The maximum absolute atomic E-state index is 12.9. The van der Waals surface area contributed by atoms with Crippen LogP contribution in [0.3, 0.4) is 0 Å². The van der Waals surface area contributed by atoms with Crippen molar-refractivity contribution in [2.75, 3.05) is 32.7 Å². The molecule has 3 aliphatic heterocycles. The van der Waals surface area contributed by atoms with Crippen LogP contribution >= 0.6 is 11.6 Å². The number of hydrogen-bond donors (Lipinski definition) is 2. The molecule has 3 aromatic rings. The van der Waals surface area contributed by atoms with Gasteiger partial charge in [0.05, 0.1) is 17.0 Å². The standard InChI is InChI=1S/C30H28ClN5O2/c31-25-10-6-22(7-11-25)29-26(36-19-24(8-12-27(36)33-29)21-4-2-1-3-5-21)20-34-14-16-35(17-15-34)30(38)23-9-13-28(37)32-18-23/h1-13,18-19,27,33H,14-17,20H2,(H,32,37). The van der Waals surface area contributed by atoms with Gasteiger partial charge >= 0.3 is 0 Å². The van der Waals surface area contributed by atoms with Crippen molar-refractivity contribution in [3.63, 3.8) is 0 Å². The molecule has 0 bridgehead atoms. The van der Waals surface area contributed by atoms with E-state index in [1.54, 1.807) is 6.07 Å². The molecule has 1 fully saturated rings. The van der Waals surface area contributed by atoms with E-state index >= 15 is 0 Å². The Labute approximate surface area is 226 Å². The second-order valence-corrected chi connectivity index (χ2v) is 10.1. The number of nitrogens with zero attached hydrogens (tertiary/aromatic N) is 3. The Morgan fingerprint density at radius 1 is 0.921 bits per heavy atom. The Kier molecular flexibility index (Phi) is 6.62. The van der Waals surface area contributed by atoms with Gasteiger partial charge in [-0.3, -0.25) is 14.5 Å². The highest BCUT2D eigenvalue weighted by Crippen LogP contribution is 2.34. The summed E-state index contributed by atoms with van der Waals surface area (Å²) in [5.41, 5.74) is 6.01. The van der Waals surface area contributed by atoms with E-state index in [4.69, 9.17) is 11.6 Å². The number of fused-ring (bicyclic) bond motifs is 1. The summed E-state index contributed by atoms with van der Waals surface area (Å²) in [6.07, 6.45) is 8.12. The molecule has 2 N–H and O–H groups in total. The number of carbonyl (C=O) groups is 1. The first-order valence-electron chi connectivity index (χ1n) is 12.7. The SMILES string of the molecule is O=C(c1ccc(=O)[nH]c1)N1CCN(CC2=C(c3ccc(Cl)cc3)NC3C=CC(c4ccccc4)=CN23)CC1. The van der Waals surface area contributed by atoms with Gasteiger partial charge in [0.1, 0.15) is 6.17 Å². The number of H-pyrrole nitrogens is 1. The maximum atomic E-state index is 12.9. The van der Waals surface area contributed by atoms with Crippen LogP contribution in [-0.4, -0.2) is 64.5 Å². The molecule has 1 unspecified atom stereocenters. The van der Waals surface area contributed by atoms with Gasteiger partial charge in [-0.1, -0.05) is 60.1 Å². The molecule has 7 nitrogen and oxygen atoms in total. The molecule has 0 radical (unpaired) electrons. The predicted molar refractivity (Wildman–Crippen MR) is 150 cm³/mol. The maximum Gasteiger partial charge on any atom is 0.255 e. The lowest BCUT2D eigenvalue weighted by Crippen LogP contribution is -2.49. The molecule has 1 saturated heterocycles. The molecule has 1 atom stereocenters. The van der Waals surface area contributed by atoms with E-state index in [1.807, 2.05) is 23.1 Å². The van der Waals surface area contributed by atoms with Crippen molar-refractivity contribution < 1.29 is 4.79 Å². The zero-order valence-corrected chi connectivity index (χ0v) is 21.6. The fourth-order valence-electron chi connectivity index (χ4n) is 5.16. The molecule has 192 valence electrons. The van der Waals surface area contributed by atoms with Crippen LogP contribution in [0.5, 0.6) is 0 Å². The molecule has 6 rings (SSSR count). The third kappa shape index (κ3) is 4.90. The predicted octanol–water partition coefficient (Wildman–Crippen LogP) is 4.00. The number of carbonyl (C=O) groups excluding carboxylic acids is 1. The number of nitrogens with one attached hydrogen (secondary N) is 2. The molecule has 0 spiro atoms. The van der Waals surface area contributed by atoms with Gasteiger partial charge < -0.3 is 20.1 Å². The second kappa shape index (κ2) is 10.4. The zero-order valence-electron chi connectivity index (χ0n) is 20.8. The van der Waals surface area contributed by atoms with Gasteiger partial charge in [0.25, 0.3) is 5.91 Å². The molecule has 1 aromatic heterocycles. The number of allylic oxidation sites excluding steroid dienone is 2. The first kappa shape index (κ1) is 24.3. The number of rotatable bonds is 5. The Bertz CT molecular complexity index is 1460. The van der Waals surface area contributed by atoms with E-state index in [0.717, 1.165) is 36.5 Å². The van der Waals surface area contributed by atoms with Gasteiger partial charge in [0.15, 0.2) is 0 Å². The summed E-state index contributed by atoms with van der Waals surface area (Å²) in [7, 11) is 0. The van der Waals surface area contributed by atoms with Crippen molar-refractivity contribution in [2.24, 2.45) is 0 Å². The fourth-order valence-corrected chi connectivity index (χ4v) is 5.29. The summed E-state index contributed by atoms with van der Waals surface area (Å²) in [4.78, 5) is 33.4. The molecule has 1 amide bonds. The number of aromatic nitrogens is 1. The highest BCUT2D eigenvalue weighted by atomic mass is 35.5. The van der Waals surface area contributed by atoms with Crippen LogP contribution in [-0.2, 0) is 0 Å². The molecule has 2 aromatic carbocycles. The van der Waals surface area contributed by atoms with Crippen LogP contribution in [0.15, 0.2) is 102 Å². The molecule has 4 heterocycles. The quantitative estimate of drug-likeness (QED) is 0.527. The van der Waals surface area contributed by atoms with Crippen molar-refractivity contribution in [3.8, 4) is 0 Å². The average Bonchev–Trinajstić information content (AvgIpc) is 3.32. The van der Waals surface area contributed by atoms with Gasteiger partial charge in [-0.05, 0) is 41.0 Å². The largest absolute Gasteiger partial charge is 0.360 e. The molecule has 8 heteroatoms. The van der Waals surface area contributed by atoms with Crippen LogP contribution in [0.25, 0.3) is 11.3 Å². The van der Waals surface area contributed by atoms with Crippen molar-refractivity contribution in [1.29, 1.82) is 0 Å². The van der Waals surface area contributed by atoms with Crippen LogP contribution in [0.2, 0.25) is 5.02 Å². The number of piperazine rings is 1. The van der Waals surface area contributed by atoms with Crippen LogP contribution in [0.1, 0.15) is 21.5 Å². The lowest BCUT2D eigenvalue weighted by atomic mass is 10.0. The minimum Gasteiger partial charge on any atom is -0.360 e. The first-order chi connectivity index (χ1) is 18.5. The number of hydrogen-bond acceptors (Lipinski definition) is 5. The lowest BCUT2D eigenvalue weighted by Gasteiger charge is -2.36. The van der Waals surface area contributed by atoms with Crippen LogP contribution in [0.4, 0.5) is 0 Å². The smallest absolute Gasteiger partial charge is 0.255 e. The van der Waals surface area contributed by atoms with Gasteiger partial charge in [-0.2, -0.15) is 0 Å². The van der Waals surface area contributed by atoms with Crippen LogP contribution < -0.4 is 10.9 Å². The molecular weight excluding hydrogens is 498 g/mol. The lowest BCUT2D eigenvalue weighted by molar-refractivity contribution is 0.0642. The number of halogens is 1. The van der Waals surface area contributed by atoms with Gasteiger partial charge in [0.2, 0.25) is 5.56 Å². The average molecular weight is 526 g/mol. The zero-order chi connectivity index (χ0) is 26.1. The van der Waals surface area contributed by atoms with Crippen molar-refractivity contribution in [3.05, 3.63) is 129 Å². The topological polar surface area (TPSA) is 71.7 Å². The molecular formula is C30H28ClN5O2. The fraction of sp³-hybridized carbons (Fsp3) is 0.200. The number of amides is 1. The van der Waals surface area contributed by atoms with Crippen molar-refractivity contribution in [2.45, 2.75) is 6.17 Å². The number of aromatic amines is 1. The Balaban J connectivity index is 1.24. The molecule has 38 heavy (non-hydrogen) atoms. The molecule has 0 saturated carbocycles. The summed E-state index contributed by atoms with van der Waals surface area (Å²) in [5.74, 6) is -0.0545. The molecule has 0 aliphatic carbocycles. The Morgan fingerprint density at radius 2 is 1.68 bits per heavy atom. The highest BCUT2D eigenvalue weighted by molar-refractivity contribution is 6.30. The number of benzene rings is 2. The first-order valence-corrected chi connectivity index (χ1v) is 13.1. The normalized spacial score (nSPS) is 19.3. The molecule has 3 aliphatic rings.